The lowest BCUT2D eigenvalue weighted by molar-refractivity contribution is -0.117. The Morgan fingerprint density at radius 1 is 1.06 bits per heavy atom. The molecule has 2 aromatic carbocycles. The fourth-order valence-electron chi connectivity index (χ4n) is 3.42. The number of methoxy groups -OCH3 is 1. The maximum atomic E-state index is 12.8. The molecule has 4 rings (SSSR count). The van der Waals surface area contributed by atoms with Gasteiger partial charge < -0.3 is 13.9 Å². The van der Waals surface area contributed by atoms with Crippen LogP contribution < -0.4 is 15.6 Å². The molecular formula is C23H23N3O7S. The Labute approximate surface area is 196 Å². The smallest absolute Gasteiger partial charge is 0.269 e. The quantitative estimate of drug-likeness (QED) is 0.403. The van der Waals surface area contributed by atoms with Crippen LogP contribution in [0.5, 0.6) is 5.75 Å². The number of rotatable bonds is 6. The van der Waals surface area contributed by atoms with Crippen LogP contribution in [0.1, 0.15) is 16.1 Å². The number of fused-ring (bicyclic) bond motifs is 1. The van der Waals surface area contributed by atoms with E-state index in [9.17, 15) is 18.0 Å². The Morgan fingerprint density at radius 3 is 2.59 bits per heavy atom. The summed E-state index contributed by atoms with van der Waals surface area (Å²) in [5, 5.41) is 0.819. The van der Waals surface area contributed by atoms with E-state index in [1.165, 1.54) is 47.8 Å². The SMILES string of the molecule is COc1cccc2cc(/C=C/C(=O)NNC(=O)c3cccc(S(=O)(=O)N4CCOCC4)c3)oc12. The molecule has 0 radical (unpaired) electrons. The van der Waals surface area contributed by atoms with Crippen LogP contribution in [0.25, 0.3) is 17.0 Å². The predicted octanol–water partition coefficient (Wildman–Crippen LogP) is 1.94. The highest BCUT2D eigenvalue weighted by Gasteiger charge is 2.26. The van der Waals surface area contributed by atoms with Crippen LogP contribution in [0.2, 0.25) is 0 Å². The van der Waals surface area contributed by atoms with Crippen molar-refractivity contribution < 1.29 is 31.9 Å². The number of nitrogens with one attached hydrogen (secondary N) is 2. The van der Waals surface area contributed by atoms with E-state index in [1.807, 2.05) is 12.1 Å². The average molecular weight is 486 g/mol. The van der Waals surface area contributed by atoms with E-state index >= 15 is 0 Å². The van der Waals surface area contributed by atoms with Gasteiger partial charge in [0.15, 0.2) is 11.3 Å². The molecular weight excluding hydrogens is 462 g/mol. The summed E-state index contributed by atoms with van der Waals surface area (Å²) < 4.78 is 43.0. The monoisotopic (exact) mass is 485 g/mol. The number of ether oxygens (including phenoxy) is 2. The summed E-state index contributed by atoms with van der Waals surface area (Å²) in [5.41, 5.74) is 5.18. The molecule has 2 amide bonds. The third-order valence-electron chi connectivity index (χ3n) is 5.15. The Morgan fingerprint density at radius 2 is 1.82 bits per heavy atom. The Balaban J connectivity index is 1.38. The van der Waals surface area contributed by atoms with Gasteiger partial charge in [-0.05, 0) is 36.4 Å². The van der Waals surface area contributed by atoms with Crippen molar-refractivity contribution in [1.82, 2.24) is 15.2 Å². The number of carbonyl (C=O) groups is 2. The van der Waals surface area contributed by atoms with Crippen molar-refractivity contribution in [1.29, 1.82) is 0 Å². The van der Waals surface area contributed by atoms with E-state index in [0.29, 0.717) is 30.3 Å². The topological polar surface area (TPSA) is 127 Å². The zero-order valence-electron chi connectivity index (χ0n) is 18.3. The van der Waals surface area contributed by atoms with E-state index < -0.39 is 21.8 Å². The summed E-state index contributed by atoms with van der Waals surface area (Å²) in [7, 11) is -2.21. The van der Waals surface area contributed by atoms with E-state index in [-0.39, 0.29) is 23.5 Å². The van der Waals surface area contributed by atoms with Crippen molar-refractivity contribution in [3.05, 3.63) is 65.9 Å². The summed E-state index contributed by atoms with van der Waals surface area (Å²) >= 11 is 0. The van der Waals surface area contributed by atoms with Crippen molar-refractivity contribution >= 4 is 38.9 Å². The van der Waals surface area contributed by atoms with Gasteiger partial charge >= 0.3 is 0 Å². The van der Waals surface area contributed by atoms with Gasteiger partial charge in [0.25, 0.3) is 11.8 Å². The minimum absolute atomic E-state index is 0.00594. The zero-order valence-corrected chi connectivity index (χ0v) is 19.1. The molecule has 1 aliphatic rings. The molecule has 3 aromatic rings. The highest BCUT2D eigenvalue weighted by atomic mass is 32.2. The van der Waals surface area contributed by atoms with Crippen LogP contribution in [-0.2, 0) is 19.6 Å². The summed E-state index contributed by atoms with van der Waals surface area (Å²) in [6, 6.07) is 12.8. The number of hydrogen-bond acceptors (Lipinski definition) is 7. The Kier molecular flexibility index (Phi) is 6.96. The van der Waals surface area contributed by atoms with Crippen LogP contribution in [0, 0.1) is 0 Å². The lowest BCUT2D eigenvalue weighted by atomic mass is 10.2. The first kappa shape index (κ1) is 23.5. The minimum atomic E-state index is -3.75. The molecule has 0 aliphatic carbocycles. The standard InChI is InChI=1S/C23H23N3O7S/c1-31-20-7-3-4-16-14-18(33-22(16)20)8-9-21(27)24-25-23(28)17-5-2-6-19(15-17)34(29,30)26-10-12-32-13-11-26/h2-9,14-15H,10-13H2,1H3,(H,24,27)(H,25,28)/b9-8+. The molecule has 2 heterocycles. The van der Waals surface area contributed by atoms with Gasteiger partial charge in [-0.15, -0.1) is 0 Å². The number of hydrogen-bond donors (Lipinski definition) is 2. The number of amides is 2. The number of morpholine rings is 1. The molecule has 0 bridgehead atoms. The van der Waals surface area contributed by atoms with E-state index in [1.54, 1.807) is 12.1 Å². The van der Waals surface area contributed by atoms with E-state index in [0.717, 1.165) is 5.39 Å². The van der Waals surface area contributed by atoms with Gasteiger partial charge in [0, 0.05) is 30.1 Å². The van der Waals surface area contributed by atoms with E-state index in [2.05, 4.69) is 10.9 Å². The third-order valence-corrected chi connectivity index (χ3v) is 7.04. The van der Waals surface area contributed by atoms with Crippen molar-refractivity contribution in [2.75, 3.05) is 33.4 Å². The molecule has 0 saturated carbocycles. The van der Waals surface area contributed by atoms with Crippen LogP contribution in [-0.4, -0.2) is 58.0 Å². The summed E-state index contributed by atoms with van der Waals surface area (Å²) in [4.78, 5) is 24.6. The van der Waals surface area contributed by atoms with E-state index in [4.69, 9.17) is 13.9 Å². The number of carbonyl (C=O) groups excluding carboxylic acids is 2. The number of nitrogens with zero attached hydrogens (tertiary/aromatic N) is 1. The van der Waals surface area contributed by atoms with Crippen LogP contribution in [0.3, 0.4) is 0 Å². The molecule has 2 N–H and O–H groups in total. The predicted molar refractivity (Wildman–Crippen MR) is 123 cm³/mol. The van der Waals surface area contributed by atoms with Gasteiger partial charge in [0.05, 0.1) is 25.2 Å². The summed E-state index contributed by atoms with van der Waals surface area (Å²) in [6.45, 7) is 1.14. The highest BCUT2D eigenvalue weighted by molar-refractivity contribution is 7.89. The van der Waals surface area contributed by atoms with Crippen molar-refractivity contribution in [3.8, 4) is 5.75 Å². The van der Waals surface area contributed by atoms with Gasteiger partial charge in [-0.25, -0.2) is 8.42 Å². The second kappa shape index (κ2) is 10.1. The first-order valence-corrected chi connectivity index (χ1v) is 11.9. The van der Waals surface area contributed by atoms with Gasteiger partial charge in [-0.3, -0.25) is 20.4 Å². The first-order valence-electron chi connectivity index (χ1n) is 10.4. The van der Waals surface area contributed by atoms with Gasteiger partial charge in [-0.2, -0.15) is 4.31 Å². The summed E-state index contributed by atoms with van der Waals surface area (Å²) in [6.07, 6.45) is 2.65. The Hall–Kier alpha value is -3.67. The van der Waals surface area contributed by atoms with Gasteiger partial charge in [0.1, 0.15) is 5.76 Å². The molecule has 34 heavy (non-hydrogen) atoms. The first-order chi connectivity index (χ1) is 16.4. The molecule has 1 saturated heterocycles. The normalized spacial score (nSPS) is 14.9. The molecule has 1 aliphatic heterocycles. The molecule has 0 unspecified atom stereocenters. The maximum absolute atomic E-state index is 12.8. The number of hydrazine groups is 1. The lowest BCUT2D eigenvalue weighted by Crippen LogP contribution is -2.41. The molecule has 11 heteroatoms. The number of sulfonamides is 1. The zero-order chi connectivity index (χ0) is 24.1. The number of para-hydroxylation sites is 1. The number of furan rings is 1. The van der Waals surface area contributed by atoms with Crippen LogP contribution >= 0.6 is 0 Å². The highest BCUT2D eigenvalue weighted by Crippen LogP contribution is 2.28. The summed E-state index contributed by atoms with van der Waals surface area (Å²) in [5.74, 6) is -0.249. The van der Waals surface area contributed by atoms with Crippen LogP contribution in [0.4, 0.5) is 0 Å². The molecule has 178 valence electrons. The molecule has 1 aromatic heterocycles. The minimum Gasteiger partial charge on any atom is -0.493 e. The van der Waals surface area contributed by atoms with Crippen LogP contribution in [0.15, 0.2) is 63.9 Å². The lowest BCUT2D eigenvalue weighted by Gasteiger charge is -2.26. The van der Waals surface area contributed by atoms with Crippen molar-refractivity contribution in [3.63, 3.8) is 0 Å². The fourth-order valence-corrected chi connectivity index (χ4v) is 4.88. The molecule has 0 spiro atoms. The molecule has 1 fully saturated rings. The van der Waals surface area contributed by atoms with Gasteiger partial charge in [-0.1, -0.05) is 18.2 Å². The van der Waals surface area contributed by atoms with Gasteiger partial charge in [0.2, 0.25) is 10.0 Å². The molecule has 0 atom stereocenters. The van der Waals surface area contributed by atoms with Crippen molar-refractivity contribution in [2.45, 2.75) is 4.90 Å². The molecule has 10 nitrogen and oxygen atoms in total. The van der Waals surface area contributed by atoms with Crippen molar-refractivity contribution in [2.24, 2.45) is 0 Å². The number of benzene rings is 2. The average Bonchev–Trinajstić information content (AvgIpc) is 3.30. The fraction of sp³-hybridized carbons (Fsp3) is 0.217. The second-order valence-corrected chi connectivity index (χ2v) is 9.29. The Bertz CT molecular complexity index is 1340. The second-order valence-electron chi connectivity index (χ2n) is 7.35. The third kappa shape index (κ3) is 5.11. The maximum Gasteiger partial charge on any atom is 0.269 e. The largest absolute Gasteiger partial charge is 0.493 e.